The summed E-state index contributed by atoms with van der Waals surface area (Å²) in [6, 6.07) is 1.46. The number of aromatic nitrogens is 1. The van der Waals surface area contributed by atoms with Gasteiger partial charge < -0.3 is 20.4 Å². The molecule has 0 aliphatic carbocycles. The van der Waals surface area contributed by atoms with Gasteiger partial charge in [-0.25, -0.2) is 18.0 Å². The van der Waals surface area contributed by atoms with E-state index in [1.54, 1.807) is 13.8 Å². The topological polar surface area (TPSA) is 117 Å². The Morgan fingerprint density at radius 2 is 1.74 bits per heavy atom. The van der Waals surface area contributed by atoms with E-state index in [0.29, 0.717) is 22.9 Å². The molecule has 0 saturated heterocycles. The maximum atomic E-state index is 13.6. The van der Waals surface area contributed by atoms with Crippen molar-refractivity contribution in [1.82, 2.24) is 10.3 Å². The van der Waals surface area contributed by atoms with Crippen LogP contribution < -0.4 is 10.6 Å². The highest BCUT2D eigenvalue weighted by Gasteiger charge is 2.25. The number of carbonyl (C=O) groups is 4. The summed E-state index contributed by atoms with van der Waals surface area (Å²) in [5.74, 6) is -7.60. The van der Waals surface area contributed by atoms with E-state index in [-0.39, 0.29) is 11.5 Å². The third kappa shape index (κ3) is 5.30. The van der Waals surface area contributed by atoms with Crippen molar-refractivity contribution in [2.75, 3.05) is 11.9 Å². The number of halogens is 3. The number of hydrogen-bond acceptors (Lipinski definition) is 5. The van der Waals surface area contributed by atoms with Crippen molar-refractivity contribution in [2.45, 2.75) is 33.8 Å². The Bertz CT molecular complexity index is 1060. The number of hydrogen-bond donors (Lipinski definition) is 3. The van der Waals surface area contributed by atoms with Crippen LogP contribution in [0.25, 0.3) is 0 Å². The lowest BCUT2D eigenvalue weighted by molar-refractivity contribution is -0.130. The number of benzene rings is 1. The highest BCUT2D eigenvalue weighted by atomic mass is 19.2. The number of rotatable bonds is 7. The minimum Gasteiger partial charge on any atom is -0.448 e. The molecule has 0 fully saturated rings. The smallest absolute Gasteiger partial charge is 0.355 e. The van der Waals surface area contributed by atoms with Gasteiger partial charge in [-0.3, -0.25) is 14.4 Å². The first-order valence-corrected chi connectivity index (χ1v) is 9.06. The molecule has 166 valence electrons. The van der Waals surface area contributed by atoms with E-state index < -0.39 is 53.6 Å². The van der Waals surface area contributed by atoms with Crippen LogP contribution >= 0.6 is 0 Å². The van der Waals surface area contributed by atoms with Crippen LogP contribution in [0, 0.1) is 31.3 Å². The van der Waals surface area contributed by atoms with Gasteiger partial charge in [0.15, 0.2) is 29.3 Å². The number of anilines is 1. The molecule has 1 unspecified atom stereocenters. The van der Waals surface area contributed by atoms with Crippen LogP contribution in [0.15, 0.2) is 12.1 Å². The Labute approximate surface area is 175 Å². The lowest BCUT2D eigenvalue weighted by atomic mass is 10.1. The van der Waals surface area contributed by atoms with Crippen molar-refractivity contribution in [3.05, 3.63) is 52.1 Å². The molecular formula is C20H20F3N3O5. The standard InChI is InChI=1S/C20H20F3N3O5/c1-8-15(10(3)27)9(2)25-18(8)20(30)31-11(4)19(29)24-7-14(28)26-13-6-5-12(21)16(22)17(13)23/h5-6,11,25H,7H2,1-4H3,(H,24,29)(H,26,28). The van der Waals surface area contributed by atoms with Crippen molar-refractivity contribution in [3.63, 3.8) is 0 Å². The molecule has 0 aliphatic rings. The Hall–Kier alpha value is -3.63. The number of carbonyl (C=O) groups excluding carboxylic acids is 4. The molecule has 8 nitrogen and oxygen atoms in total. The van der Waals surface area contributed by atoms with E-state index in [1.807, 2.05) is 5.32 Å². The van der Waals surface area contributed by atoms with Gasteiger partial charge in [0.05, 0.1) is 12.2 Å². The zero-order chi connectivity index (χ0) is 23.5. The molecule has 31 heavy (non-hydrogen) atoms. The first kappa shape index (κ1) is 23.6. The highest BCUT2D eigenvalue weighted by Crippen LogP contribution is 2.20. The number of ketones is 1. The average Bonchev–Trinajstić information content (AvgIpc) is 3.00. The number of nitrogens with one attached hydrogen (secondary N) is 3. The van der Waals surface area contributed by atoms with Crippen LogP contribution in [-0.2, 0) is 14.3 Å². The second-order valence-corrected chi connectivity index (χ2v) is 6.72. The van der Waals surface area contributed by atoms with E-state index in [1.165, 1.54) is 13.8 Å². The van der Waals surface area contributed by atoms with Gasteiger partial charge in [-0.1, -0.05) is 0 Å². The summed E-state index contributed by atoms with van der Waals surface area (Å²) in [6.07, 6.45) is -1.30. The summed E-state index contributed by atoms with van der Waals surface area (Å²) in [4.78, 5) is 50.6. The predicted octanol–water partition coefficient (Wildman–Crippen LogP) is 2.55. The largest absolute Gasteiger partial charge is 0.448 e. The maximum Gasteiger partial charge on any atom is 0.355 e. The van der Waals surface area contributed by atoms with E-state index in [4.69, 9.17) is 4.74 Å². The zero-order valence-corrected chi connectivity index (χ0v) is 17.1. The number of ether oxygens (including phenoxy) is 1. The summed E-state index contributed by atoms with van der Waals surface area (Å²) < 4.78 is 44.7. The SMILES string of the molecule is CC(=O)c1c(C)[nH]c(C(=O)OC(C)C(=O)NCC(=O)Nc2ccc(F)c(F)c2F)c1C. The molecule has 1 aromatic carbocycles. The Kier molecular flexibility index (Phi) is 7.21. The molecule has 1 heterocycles. The molecule has 0 spiro atoms. The molecule has 1 aromatic heterocycles. The van der Waals surface area contributed by atoms with Crippen molar-refractivity contribution in [1.29, 1.82) is 0 Å². The number of amides is 2. The summed E-state index contributed by atoms with van der Waals surface area (Å²) >= 11 is 0. The Morgan fingerprint density at radius 1 is 1.10 bits per heavy atom. The molecule has 0 aliphatic heterocycles. The van der Waals surface area contributed by atoms with Crippen LogP contribution in [-0.4, -0.2) is 41.2 Å². The quantitative estimate of drug-likeness (QED) is 0.348. The van der Waals surface area contributed by atoms with Crippen molar-refractivity contribution < 1.29 is 37.1 Å². The van der Waals surface area contributed by atoms with Crippen molar-refractivity contribution in [3.8, 4) is 0 Å². The van der Waals surface area contributed by atoms with Crippen LogP contribution in [0.1, 0.15) is 46.0 Å². The van der Waals surface area contributed by atoms with Crippen LogP contribution in [0.2, 0.25) is 0 Å². The molecule has 3 N–H and O–H groups in total. The fourth-order valence-electron chi connectivity index (χ4n) is 2.88. The summed E-state index contributed by atoms with van der Waals surface area (Å²) in [5, 5.41) is 4.16. The normalized spacial score (nSPS) is 11.6. The first-order valence-electron chi connectivity index (χ1n) is 9.06. The third-order valence-electron chi connectivity index (χ3n) is 4.38. The van der Waals surface area contributed by atoms with Crippen LogP contribution in [0.4, 0.5) is 18.9 Å². The van der Waals surface area contributed by atoms with Gasteiger partial charge in [0, 0.05) is 11.3 Å². The highest BCUT2D eigenvalue weighted by molar-refractivity contribution is 6.01. The molecule has 2 amide bonds. The number of esters is 1. The van der Waals surface area contributed by atoms with Crippen LogP contribution in [0.3, 0.4) is 0 Å². The van der Waals surface area contributed by atoms with Gasteiger partial charge in [-0.15, -0.1) is 0 Å². The van der Waals surface area contributed by atoms with Crippen LogP contribution in [0.5, 0.6) is 0 Å². The number of Topliss-reactive ketones (excluding diaryl/α,β-unsaturated/α-hetero) is 1. The predicted molar refractivity (Wildman–Crippen MR) is 103 cm³/mol. The lowest BCUT2D eigenvalue weighted by Gasteiger charge is -2.13. The van der Waals surface area contributed by atoms with Gasteiger partial charge in [-0.05, 0) is 45.4 Å². The fourth-order valence-corrected chi connectivity index (χ4v) is 2.88. The third-order valence-corrected chi connectivity index (χ3v) is 4.38. The molecule has 0 saturated carbocycles. The summed E-state index contributed by atoms with van der Waals surface area (Å²) in [5.41, 5.74) is 0.640. The van der Waals surface area contributed by atoms with Gasteiger partial charge in [-0.2, -0.15) is 0 Å². The van der Waals surface area contributed by atoms with Gasteiger partial charge in [0.1, 0.15) is 5.69 Å². The molecule has 2 rings (SSSR count). The van der Waals surface area contributed by atoms with E-state index >= 15 is 0 Å². The molecule has 2 aromatic rings. The second-order valence-electron chi connectivity index (χ2n) is 6.72. The van der Waals surface area contributed by atoms with Gasteiger partial charge in [0.2, 0.25) is 5.91 Å². The van der Waals surface area contributed by atoms with Crippen molar-refractivity contribution >= 4 is 29.3 Å². The van der Waals surface area contributed by atoms with Gasteiger partial charge in [0.25, 0.3) is 5.91 Å². The first-order chi connectivity index (χ1) is 14.4. The maximum absolute atomic E-state index is 13.6. The van der Waals surface area contributed by atoms with Gasteiger partial charge >= 0.3 is 5.97 Å². The summed E-state index contributed by atoms with van der Waals surface area (Å²) in [6.45, 7) is 5.14. The van der Waals surface area contributed by atoms with E-state index in [9.17, 15) is 32.3 Å². The van der Waals surface area contributed by atoms with E-state index in [0.717, 1.165) is 6.07 Å². The zero-order valence-electron chi connectivity index (χ0n) is 17.1. The lowest BCUT2D eigenvalue weighted by Crippen LogP contribution is -2.40. The fraction of sp³-hybridized carbons (Fsp3) is 0.300. The monoisotopic (exact) mass is 439 g/mol. The molecule has 1 atom stereocenters. The van der Waals surface area contributed by atoms with Crippen molar-refractivity contribution in [2.24, 2.45) is 0 Å². The number of aromatic amines is 1. The molecule has 0 bridgehead atoms. The Balaban J connectivity index is 1.93. The Morgan fingerprint density at radius 3 is 2.32 bits per heavy atom. The second kappa shape index (κ2) is 9.45. The molecular weight excluding hydrogens is 419 g/mol. The number of H-pyrrole nitrogens is 1. The summed E-state index contributed by atoms with van der Waals surface area (Å²) in [7, 11) is 0. The average molecular weight is 439 g/mol. The minimum absolute atomic E-state index is 0.0221. The number of aryl methyl sites for hydroxylation is 1. The molecule has 0 radical (unpaired) electrons. The molecule has 11 heteroatoms. The van der Waals surface area contributed by atoms with E-state index in [2.05, 4.69) is 10.3 Å². The minimum atomic E-state index is -1.75.